The molecule has 8 atom stereocenters. The summed E-state index contributed by atoms with van der Waals surface area (Å²) in [6, 6.07) is 0. The number of aliphatic hydroxyl groups excluding tert-OH is 1. The Kier molecular flexibility index (Phi) is 7.42. The quantitative estimate of drug-likeness (QED) is 0.153. The summed E-state index contributed by atoms with van der Waals surface area (Å²) in [6.45, 7) is -4.38. The van der Waals surface area contributed by atoms with E-state index in [4.69, 9.17) is 40.8 Å². The molecule has 2 saturated heterocycles. The first-order valence-electron chi connectivity index (χ1n) is 13.3. The molecule has 0 saturated carbocycles. The number of alkyl halides is 1. The number of aliphatic hydroxyl groups is 1. The molecule has 44 heavy (non-hydrogen) atoms. The molecule has 234 valence electrons. The van der Waals surface area contributed by atoms with Gasteiger partial charge in [-0.05, 0) is 11.8 Å². The van der Waals surface area contributed by atoms with Crippen LogP contribution in [0.3, 0.4) is 0 Å². The van der Waals surface area contributed by atoms with E-state index in [9.17, 15) is 14.8 Å². The van der Waals surface area contributed by atoms with Gasteiger partial charge in [0.15, 0.2) is 29.4 Å². The number of aromatic amines is 1. The lowest BCUT2D eigenvalue weighted by molar-refractivity contribution is -0.0581. The van der Waals surface area contributed by atoms with E-state index in [2.05, 4.69) is 29.9 Å². The van der Waals surface area contributed by atoms with Gasteiger partial charge in [0.05, 0.1) is 32.0 Å². The summed E-state index contributed by atoms with van der Waals surface area (Å²) in [5, 5.41) is 11.3. The third-order valence-corrected chi connectivity index (χ3v) is 9.03. The minimum Gasteiger partial charge on any atom is -0.386 e. The van der Waals surface area contributed by atoms with Crippen LogP contribution in [0.4, 0.5) is 10.2 Å². The number of aromatic nitrogens is 9. The van der Waals surface area contributed by atoms with Crippen molar-refractivity contribution in [1.82, 2.24) is 43.4 Å². The van der Waals surface area contributed by atoms with E-state index in [0.29, 0.717) is 11.2 Å². The molecule has 18 nitrogen and oxygen atoms in total. The number of rotatable bonds is 9. The summed E-state index contributed by atoms with van der Waals surface area (Å²) in [4.78, 5) is 47.2. The Balaban J connectivity index is 1.05. The fourth-order valence-corrected chi connectivity index (χ4v) is 6.93. The van der Waals surface area contributed by atoms with Gasteiger partial charge in [-0.1, -0.05) is 0 Å². The number of H-pyrrole nitrogens is 1. The number of nitrogen functional groups attached to an aromatic ring is 1. The van der Waals surface area contributed by atoms with Crippen molar-refractivity contribution in [1.29, 1.82) is 0 Å². The lowest BCUT2D eigenvalue weighted by Gasteiger charge is -2.26. The van der Waals surface area contributed by atoms with Crippen LogP contribution < -0.4 is 11.3 Å². The van der Waals surface area contributed by atoms with Gasteiger partial charge in [-0.2, -0.15) is 0 Å². The van der Waals surface area contributed by atoms with Crippen LogP contribution in [0.2, 0.25) is 0 Å². The van der Waals surface area contributed by atoms with Gasteiger partial charge in [-0.3, -0.25) is 18.5 Å². The minimum absolute atomic E-state index is 0.0366. The highest BCUT2D eigenvalue weighted by Gasteiger charge is 2.49. The molecule has 0 amide bonds. The van der Waals surface area contributed by atoms with E-state index in [1.807, 2.05) is 0 Å². The molecular weight excluding hydrogens is 626 g/mol. The molecule has 2 fully saturated rings. The van der Waals surface area contributed by atoms with Gasteiger partial charge < -0.3 is 39.5 Å². The van der Waals surface area contributed by atoms with Crippen LogP contribution >= 0.6 is 6.72 Å². The van der Waals surface area contributed by atoms with Crippen LogP contribution in [0.1, 0.15) is 18.9 Å². The summed E-state index contributed by atoms with van der Waals surface area (Å²) in [5.74, 6) is 0.417. The first-order chi connectivity index (χ1) is 21.1. The van der Waals surface area contributed by atoms with Crippen molar-refractivity contribution in [2.24, 2.45) is 0 Å². The average molecular weight is 653 g/mol. The number of nitrogens with zero attached hydrogens (tertiary/aromatic N) is 8. The average Bonchev–Trinajstić information content (AvgIpc) is 3.81. The molecule has 2 aliphatic heterocycles. The standard InChI is InChI=1S/C23H26FN10O8PS/c1-38-6-12-16(15(35)22(41-12)34-9-30-14-19(34)31-23-26-2-3-32(23)20(14)36)42-43(37,44)39-5-10-4-11(24)21(40-10)33-8-29-13-17(25)27-7-28-18(13)33/h2-3,7-12,15-16,21-22,35H,4-6H2,1H3,(H,26,31)(H,37,44)(H2,25,27,28)/t10-,11+,12+,15+,16+,21+,22+,43?/m0/s1. The number of hydrogen-bond donors (Lipinski definition) is 4. The number of anilines is 1. The monoisotopic (exact) mass is 652 g/mol. The van der Waals surface area contributed by atoms with Crippen molar-refractivity contribution in [3.8, 4) is 0 Å². The molecule has 21 heteroatoms. The van der Waals surface area contributed by atoms with Gasteiger partial charge in [-0.15, -0.1) is 0 Å². The zero-order valence-corrected chi connectivity index (χ0v) is 24.5. The smallest absolute Gasteiger partial charge is 0.325 e. The summed E-state index contributed by atoms with van der Waals surface area (Å²) in [5.41, 5.74) is 6.38. The summed E-state index contributed by atoms with van der Waals surface area (Å²) < 4.78 is 47.5. The molecule has 0 bridgehead atoms. The van der Waals surface area contributed by atoms with E-state index >= 15 is 4.39 Å². The van der Waals surface area contributed by atoms with Crippen LogP contribution in [0.5, 0.6) is 0 Å². The van der Waals surface area contributed by atoms with E-state index < -0.39 is 55.3 Å². The molecule has 0 aromatic carbocycles. The molecule has 7 heterocycles. The van der Waals surface area contributed by atoms with Gasteiger partial charge in [0.2, 0.25) is 5.78 Å². The molecule has 5 aromatic heterocycles. The van der Waals surface area contributed by atoms with Crippen molar-refractivity contribution >= 4 is 52.4 Å². The van der Waals surface area contributed by atoms with Crippen LogP contribution in [0.25, 0.3) is 28.1 Å². The van der Waals surface area contributed by atoms with Gasteiger partial charge in [0, 0.05) is 25.9 Å². The lowest BCUT2D eigenvalue weighted by atomic mass is 10.1. The number of methoxy groups -OCH3 is 1. The summed E-state index contributed by atoms with van der Waals surface area (Å²) >= 11 is 5.24. The van der Waals surface area contributed by atoms with Gasteiger partial charge in [0.25, 0.3) is 5.56 Å². The normalized spacial score (nSPS) is 28.9. The molecule has 0 aliphatic carbocycles. The van der Waals surface area contributed by atoms with E-state index in [1.165, 1.54) is 52.0 Å². The molecule has 0 radical (unpaired) electrons. The maximum absolute atomic E-state index is 15.0. The first-order valence-corrected chi connectivity index (χ1v) is 15.9. The number of ether oxygens (including phenoxy) is 3. The summed E-state index contributed by atoms with van der Waals surface area (Å²) in [7, 11) is 1.43. The highest BCUT2D eigenvalue weighted by atomic mass is 32.5. The number of fused-ring (bicyclic) bond motifs is 3. The number of nitrogens with one attached hydrogen (secondary N) is 1. The molecule has 5 N–H and O–H groups in total. The molecule has 7 rings (SSSR count). The van der Waals surface area contributed by atoms with Crippen molar-refractivity contribution in [2.45, 2.75) is 49.5 Å². The second kappa shape index (κ2) is 11.2. The molecule has 5 aromatic rings. The third kappa shape index (κ3) is 4.97. The number of hydrogen-bond acceptors (Lipinski definition) is 14. The third-order valence-electron chi connectivity index (χ3n) is 7.47. The largest absolute Gasteiger partial charge is 0.386 e. The predicted molar refractivity (Wildman–Crippen MR) is 151 cm³/mol. The second-order valence-corrected chi connectivity index (χ2v) is 13.0. The van der Waals surface area contributed by atoms with Gasteiger partial charge >= 0.3 is 6.72 Å². The fraction of sp³-hybridized carbons (Fsp3) is 0.478. The van der Waals surface area contributed by atoms with Gasteiger partial charge in [0.1, 0.15) is 42.0 Å². The Hall–Kier alpha value is -3.46. The molecule has 0 spiro atoms. The van der Waals surface area contributed by atoms with E-state index in [0.717, 1.165) is 0 Å². The highest BCUT2D eigenvalue weighted by molar-refractivity contribution is 8.07. The van der Waals surface area contributed by atoms with Crippen LogP contribution in [-0.4, -0.2) is 104 Å². The lowest BCUT2D eigenvalue weighted by Crippen LogP contribution is -2.36. The number of imidazole rings is 3. The van der Waals surface area contributed by atoms with Crippen molar-refractivity contribution in [3.63, 3.8) is 0 Å². The first kappa shape index (κ1) is 29.3. The Bertz CT molecular complexity index is 1950. The number of halogens is 1. The Labute approximate surface area is 250 Å². The van der Waals surface area contributed by atoms with Crippen molar-refractivity contribution in [2.75, 3.05) is 26.1 Å². The fourth-order valence-electron chi connectivity index (χ4n) is 5.46. The zero-order valence-electron chi connectivity index (χ0n) is 22.8. The van der Waals surface area contributed by atoms with Crippen LogP contribution in [-0.2, 0) is 35.1 Å². The SMILES string of the molecule is COC[C@H]1O[C@@H](n2cnc3c(=O)n4ccnc4[nH]c32)[C@H](O)[C@@H]1OP(O)(=S)OC[C@@H]1C[C@@H](F)[C@H](n2cnc3c(N)ncnc32)O1. The summed E-state index contributed by atoms with van der Waals surface area (Å²) in [6.07, 6.45) is -1.12. The second-order valence-electron chi connectivity index (χ2n) is 10.2. The number of nitrogens with two attached hydrogens (primary N) is 1. The van der Waals surface area contributed by atoms with Crippen molar-refractivity contribution < 1.29 is 37.6 Å². The zero-order chi connectivity index (χ0) is 30.7. The van der Waals surface area contributed by atoms with E-state index in [-0.39, 0.29) is 42.4 Å². The van der Waals surface area contributed by atoms with Crippen LogP contribution in [0, 0.1) is 0 Å². The minimum atomic E-state index is -4.04. The van der Waals surface area contributed by atoms with Crippen molar-refractivity contribution in [3.05, 3.63) is 41.7 Å². The molecule has 2 aliphatic rings. The topological polar surface area (TPSA) is 224 Å². The van der Waals surface area contributed by atoms with Crippen LogP contribution in [0.15, 0.2) is 36.2 Å². The van der Waals surface area contributed by atoms with E-state index in [1.54, 1.807) is 0 Å². The Morgan fingerprint density at radius 3 is 2.77 bits per heavy atom. The Morgan fingerprint density at radius 2 is 1.95 bits per heavy atom. The van der Waals surface area contributed by atoms with Gasteiger partial charge in [-0.25, -0.2) is 33.7 Å². The molecular formula is C23H26FN10O8PS. The maximum Gasteiger partial charge on any atom is 0.325 e. The highest BCUT2D eigenvalue weighted by Crippen LogP contribution is 2.50. The molecule has 1 unspecified atom stereocenters. The predicted octanol–water partition coefficient (Wildman–Crippen LogP) is -0.0567. The Morgan fingerprint density at radius 1 is 1.16 bits per heavy atom. The maximum atomic E-state index is 15.0.